The zero-order valence-electron chi connectivity index (χ0n) is 82.8. The first-order valence-corrected chi connectivity index (χ1v) is 56.2. The molecule has 2 saturated heterocycles. The van der Waals surface area contributed by atoms with Gasteiger partial charge in [-0.05, 0) is 67.1 Å². The van der Waals surface area contributed by atoms with Gasteiger partial charge in [-0.2, -0.15) is 0 Å². The summed E-state index contributed by atoms with van der Waals surface area (Å²) in [6, 6.07) is 29.8. The van der Waals surface area contributed by atoms with Crippen molar-refractivity contribution in [3.8, 4) is 34.8 Å². The van der Waals surface area contributed by atoms with Gasteiger partial charge in [0.1, 0.15) is 11.5 Å². The number of aryl methyl sites for hydroxylation is 2. The smallest absolute Gasteiger partial charge is 0.0654 e. The van der Waals surface area contributed by atoms with Gasteiger partial charge in [-0.15, -0.1) is 0 Å². The van der Waals surface area contributed by atoms with Gasteiger partial charge >= 0.3 is 311 Å². The Morgan fingerprint density at radius 1 is 0.493 bits per heavy atom. The Morgan fingerprint density at radius 2 is 0.851 bits per heavy atom. The van der Waals surface area contributed by atoms with Crippen LogP contribution in [0.25, 0.3) is 0 Å². The molecule has 0 bridgehead atoms. The quantitative estimate of drug-likeness (QED) is 0.0157. The zero-order valence-corrected chi connectivity index (χ0v) is 85.0. The molecule has 3 unspecified atom stereocenters. The molecule has 23 nitrogen and oxygen atoms in total. The molecule has 9 atom stereocenters. The number of nitriles is 1. The van der Waals surface area contributed by atoms with E-state index in [9.17, 15) is 38.9 Å². The minimum Gasteiger partial charge on any atom is -0.0654 e. The molecule has 0 aliphatic carbocycles. The van der Waals surface area contributed by atoms with Gasteiger partial charge in [0.15, 0.2) is 0 Å². The Morgan fingerprint density at radius 3 is 1.22 bits per heavy atom. The number of aliphatic carboxylic acids is 2. The fourth-order valence-corrected chi connectivity index (χ4v) is 22.7. The van der Waals surface area contributed by atoms with Gasteiger partial charge in [-0.1, -0.05) is 364 Å². The van der Waals surface area contributed by atoms with E-state index in [4.69, 9.17) is 42.1 Å². The second-order valence-electron chi connectivity index (χ2n) is 38.0. The van der Waals surface area contributed by atoms with E-state index in [1.165, 1.54) is 249 Å². The topological polar surface area (TPSA) is 308 Å². The standard InChI is InChI=1S/C109H168N5O18PS/c1-8-11-14-17-20-23-26-29-32-35-38-41-44-47-50-56-71-126-94-75-86(76-95(127-72-57-51-48-45-42-39-36-33-30-27-24-21-18-15-12-9-2)101(94)128-73-58-52-49-46-43-40-37-34-31-28-25-22-19-16-13-10-3)79-108(105(119)120,93-78-99(114-81-85(5)103(116)112-107(114)122)132-97(93)83-130-134(123)133-74-59-70-110)100(104(117)118)92-77-98(113-80-84(4)102(115)111-106(113)121)131-96(92)82-129-109(87-60-54-53-55-61-87,88-62-66-90(124-6)67-63-88)89-64-68-91(125-7)69-65-89/h53-55,60-69,75-76,80-81,92-93,96-100H,8-52,56-59,71-74,77-79,82-83H2,1-7,133H3,(H,117,118)(H,119,120)(H,111,115,121)(H,112,116,122)/t92-,93+,96+,97+,98+,99+,100?,108?,134?/m0/s1. The number of hydrogen-bond donors (Lipinski definition) is 4. The van der Waals surface area contributed by atoms with Gasteiger partial charge in [-0.25, -0.2) is 4.79 Å². The van der Waals surface area contributed by atoms with E-state index < -0.39 is 126 Å². The molecule has 134 heavy (non-hydrogen) atoms. The van der Waals surface area contributed by atoms with Gasteiger partial charge in [0, 0.05) is 5.56 Å². The van der Waals surface area contributed by atoms with Gasteiger partial charge in [0.05, 0.1) is 20.8 Å². The molecular weight excluding hydrogens is 1730 g/mol. The van der Waals surface area contributed by atoms with E-state index in [1.807, 2.05) is 54.6 Å². The first-order valence-electron chi connectivity index (χ1n) is 52.2. The summed E-state index contributed by atoms with van der Waals surface area (Å²) < 4.78 is 77.2. The fourth-order valence-electron chi connectivity index (χ4n) is 19.9. The van der Waals surface area contributed by atoms with Crippen LogP contribution in [0.4, 0.5) is 0 Å². The number of aromatic amines is 2. The van der Waals surface area contributed by atoms with E-state index in [0.29, 0.717) is 76.6 Å². The SMILES string of the molecule is CCCCCCCCCCCCCCCCCCOc1cc(CC(C(=O)O)(C(C(=O)O)[C@H]2C[C@H](n3cc(C)c(=O)[nH]c3=O)O[C@@H]2COC(c2ccccc2)(c2ccc(OC)cc2)c2ccc(OC)cc2)[C@@H]2C[C@H](n3cc(C)c(=O)[nH]c3=O)O[C@@H]2COS(=O)[PH3]CCC#N)cc(OCCCCCCCCCCCCCCCCCC)c1OCCCCCCCCCCCCCCCCCC. The monoisotopic (exact) mass is 1900 g/mol. The van der Waals surface area contributed by atoms with Crippen molar-refractivity contribution in [1.29, 1.82) is 5.26 Å². The minimum atomic E-state index is -2.63. The predicted molar refractivity (Wildman–Crippen MR) is 541 cm³/mol. The van der Waals surface area contributed by atoms with Crippen LogP contribution in [0, 0.1) is 48.3 Å². The summed E-state index contributed by atoms with van der Waals surface area (Å²) in [5.41, 5.74) is -4.86. The van der Waals surface area contributed by atoms with Crippen LogP contribution in [0.15, 0.2) is 123 Å². The molecular formula is C109H168N5O18PS. The summed E-state index contributed by atoms with van der Waals surface area (Å²) in [4.78, 5) is 92.8. The first-order chi connectivity index (χ1) is 65.4. The molecule has 2 aromatic heterocycles. The molecule has 0 amide bonds. The summed E-state index contributed by atoms with van der Waals surface area (Å²) in [7, 11) is -0.461. The average Bonchev–Trinajstić information content (AvgIpc) is 1.52. The number of nitrogens with one attached hydrogen (secondary N) is 2. The Hall–Kier alpha value is -7.91. The van der Waals surface area contributed by atoms with Crippen LogP contribution in [0.5, 0.6) is 28.7 Å². The maximum atomic E-state index is 16.4. The van der Waals surface area contributed by atoms with E-state index in [1.54, 1.807) is 50.6 Å². The van der Waals surface area contributed by atoms with Gasteiger partial charge in [0.25, 0.3) is 5.56 Å². The van der Waals surface area contributed by atoms with E-state index in [2.05, 4.69) is 36.8 Å². The predicted octanol–water partition coefficient (Wildman–Crippen LogP) is 25.1. The van der Waals surface area contributed by atoms with Crippen molar-refractivity contribution >= 4 is 30.4 Å². The number of H-pyrrole nitrogens is 2. The number of carbonyl (C=O) groups is 2. The summed E-state index contributed by atoms with van der Waals surface area (Å²) in [5.74, 6) is -6.17. The Balaban J connectivity index is 1.24. The van der Waals surface area contributed by atoms with Gasteiger partial charge in [-0.3, -0.25) is 9.78 Å². The van der Waals surface area contributed by atoms with Crippen LogP contribution in [0.2, 0.25) is 0 Å². The third-order valence-electron chi connectivity index (χ3n) is 27.7. The molecule has 25 heteroatoms. The molecule has 4 N–H and O–H groups in total. The molecule has 2 fully saturated rings. The number of nitrogens with zero attached hydrogens (tertiary/aromatic N) is 3. The molecule has 4 heterocycles. The van der Waals surface area contributed by atoms with E-state index in [-0.39, 0.29) is 43.6 Å². The van der Waals surface area contributed by atoms with Crippen molar-refractivity contribution in [2.75, 3.05) is 53.4 Å². The normalized spacial score (nSPS) is 17.1. The van der Waals surface area contributed by atoms with E-state index in [0.717, 1.165) is 81.6 Å². The zero-order chi connectivity index (χ0) is 95.8. The molecule has 0 spiro atoms. The Labute approximate surface area is 804 Å². The van der Waals surface area contributed by atoms with Gasteiger partial charge in [0.2, 0.25) is 0 Å². The van der Waals surface area contributed by atoms with Crippen molar-refractivity contribution in [2.45, 2.75) is 399 Å². The summed E-state index contributed by atoms with van der Waals surface area (Å²) in [6.45, 7) is 9.64. The number of hydrogen-bond acceptors (Lipinski definition) is 17. The number of carboxylic acid groups (broad SMARTS) is 2. The summed E-state index contributed by atoms with van der Waals surface area (Å²) in [5, 5.41) is 35.9. The maximum absolute atomic E-state index is 16.4. The molecule has 4 aromatic carbocycles. The Bertz CT molecular complexity index is 4480. The number of benzene rings is 4. The summed E-state index contributed by atoms with van der Waals surface area (Å²) in [6.07, 6.45) is 53.5. The van der Waals surface area contributed by atoms with Crippen LogP contribution in [-0.2, 0) is 50.7 Å². The van der Waals surface area contributed by atoms with Crippen molar-refractivity contribution in [1.82, 2.24) is 19.1 Å². The Kier molecular flexibility index (Phi) is 53.4. The molecule has 2 aliphatic rings. The van der Waals surface area contributed by atoms with Crippen molar-refractivity contribution < 1.29 is 66.1 Å². The third kappa shape index (κ3) is 36.8. The molecule has 6 aromatic rings. The molecule has 748 valence electrons. The number of aromatic nitrogens is 4. The summed E-state index contributed by atoms with van der Waals surface area (Å²) >= 11 is 0. The first kappa shape index (κ1) is 111. The minimum absolute atomic E-state index is 0.120. The van der Waals surface area contributed by atoms with Crippen LogP contribution < -0.4 is 46.2 Å². The number of unbranched alkanes of at least 4 members (excludes halogenated alkanes) is 45. The molecule has 0 radical (unpaired) electrons. The number of carboxylic acids is 2. The van der Waals surface area contributed by atoms with Crippen LogP contribution in [0.3, 0.4) is 0 Å². The van der Waals surface area contributed by atoms with Crippen LogP contribution in [-0.4, -0.2) is 111 Å². The number of methoxy groups -OCH3 is 2. The second-order valence-corrected chi connectivity index (χ2v) is 42.6. The van der Waals surface area contributed by atoms with Crippen molar-refractivity contribution in [3.63, 3.8) is 0 Å². The number of ether oxygens (including phenoxy) is 8. The van der Waals surface area contributed by atoms with Crippen LogP contribution >= 0.6 is 7.78 Å². The van der Waals surface area contributed by atoms with E-state index >= 15 is 9.59 Å². The van der Waals surface area contributed by atoms with Crippen molar-refractivity contribution in [2.24, 2.45) is 23.2 Å². The molecule has 2 aliphatic heterocycles. The van der Waals surface area contributed by atoms with Crippen LogP contribution in [0.1, 0.15) is 394 Å². The second kappa shape index (κ2) is 64.3. The fraction of sp³-hybridized carbons (Fsp3) is 0.679. The van der Waals surface area contributed by atoms with Crippen molar-refractivity contribution in [3.05, 3.63) is 178 Å². The number of rotatable bonds is 77. The van der Waals surface area contributed by atoms with Gasteiger partial charge < -0.3 is 9.47 Å². The average molecular weight is 1900 g/mol. The molecule has 8 rings (SSSR count). The third-order valence-corrected chi connectivity index (χ3v) is 31.4. The molecule has 0 saturated carbocycles.